The minimum atomic E-state index is -1.49. The molecule has 3 aliphatic rings. The number of methoxy groups -OCH3 is 1. The van der Waals surface area contributed by atoms with Gasteiger partial charge >= 0.3 is 12.1 Å². The van der Waals surface area contributed by atoms with E-state index in [1.807, 2.05) is 0 Å². The molecule has 2 heterocycles. The molecular weight excluding hydrogens is 495 g/mol. The number of fused-ring (bicyclic) bond motifs is 2. The number of anilines is 1. The quantitative estimate of drug-likeness (QED) is 0.600. The number of hydrogen-bond donors (Lipinski definition) is 2. The molecule has 0 bridgehead atoms. The molecule has 5 amide bonds. The first-order valence-electron chi connectivity index (χ1n) is 12.5. The van der Waals surface area contributed by atoms with Crippen molar-refractivity contribution >= 4 is 29.6 Å². The van der Waals surface area contributed by atoms with Crippen molar-refractivity contribution in [3.05, 3.63) is 65.0 Å². The van der Waals surface area contributed by atoms with Crippen LogP contribution in [0.2, 0.25) is 0 Å². The molecule has 2 aliphatic heterocycles. The molecular formula is C27H29FN4O6. The number of halogens is 1. The number of carbonyl (C=O) groups excluding carboxylic acids is 4. The Morgan fingerprint density at radius 1 is 1.16 bits per heavy atom. The van der Waals surface area contributed by atoms with Crippen molar-refractivity contribution in [3.8, 4) is 0 Å². The van der Waals surface area contributed by atoms with Crippen LogP contribution in [0, 0.1) is 5.82 Å². The van der Waals surface area contributed by atoms with Crippen LogP contribution >= 0.6 is 0 Å². The zero-order chi connectivity index (χ0) is 27.0. The molecule has 5 rings (SSSR count). The number of amides is 5. The van der Waals surface area contributed by atoms with Gasteiger partial charge in [-0.15, -0.1) is 0 Å². The summed E-state index contributed by atoms with van der Waals surface area (Å²) >= 11 is 0. The first kappa shape index (κ1) is 25.7. The molecule has 1 spiro atoms. The molecule has 2 saturated heterocycles. The molecule has 2 N–H and O–H groups in total. The van der Waals surface area contributed by atoms with E-state index in [1.54, 1.807) is 42.3 Å². The second-order valence-electron chi connectivity index (χ2n) is 9.72. The monoisotopic (exact) mass is 524 g/mol. The van der Waals surface area contributed by atoms with Gasteiger partial charge in [-0.2, -0.15) is 0 Å². The first-order chi connectivity index (χ1) is 18.3. The smallest absolute Gasteiger partial charge is 0.418 e. The summed E-state index contributed by atoms with van der Waals surface area (Å²) in [6.07, 6.45) is 1.16. The number of aryl methyl sites for hydroxylation is 1. The number of nitrogens with one attached hydrogen (secondary N) is 2. The van der Waals surface area contributed by atoms with E-state index < -0.39 is 30.1 Å². The van der Waals surface area contributed by atoms with Gasteiger partial charge in [0, 0.05) is 31.8 Å². The van der Waals surface area contributed by atoms with Crippen LogP contribution in [-0.2, 0) is 31.1 Å². The molecule has 3 atom stereocenters. The fourth-order valence-electron chi connectivity index (χ4n) is 5.77. The van der Waals surface area contributed by atoms with E-state index in [9.17, 15) is 23.6 Å². The largest absolute Gasteiger partial charge is 0.427 e. The van der Waals surface area contributed by atoms with Crippen molar-refractivity contribution in [2.24, 2.45) is 0 Å². The number of carbonyl (C=O) groups is 4. The number of nitrogens with zero attached hydrogens (tertiary/aromatic N) is 2. The third kappa shape index (κ3) is 4.36. The molecule has 0 saturated carbocycles. The van der Waals surface area contributed by atoms with Crippen molar-refractivity contribution in [2.75, 3.05) is 32.6 Å². The molecule has 2 fully saturated rings. The van der Waals surface area contributed by atoms with Gasteiger partial charge in [-0.1, -0.05) is 18.2 Å². The summed E-state index contributed by atoms with van der Waals surface area (Å²) in [5, 5.41) is 5.16. The number of ether oxygens (including phenoxy) is 2. The molecule has 0 radical (unpaired) electrons. The maximum atomic E-state index is 13.6. The Morgan fingerprint density at radius 2 is 1.92 bits per heavy atom. The molecule has 0 aromatic heterocycles. The van der Waals surface area contributed by atoms with Crippen molar-refractivity contribution in [2.45, 2.75) is 43.4 Å². The van der Waals surface area contributed by atoms with E-state index in [4.69, 9.17) is 9.47 Å². The Balaban J connectivity index is 1.37. The maximum Gasteiger partial charge on any atom is 0.418 e. The zero-order valence-electron chi connectivity index (χ0n) is 21.2. The number of likely N-dealkylation sites (tertiary alicyclic amines) is 1. The molecule has 2 aromatic rings. The lowest BCUT2D eigenvalue weighted by atomic mass is 9.94. The highest BCUT2D eigenvalue weighted by molar-refractivity contribution is 6.06. The van der Waals surface area contributed by atoms with E-state index in [-0.39, 0.29) is 30.4 Å². The summed E-state index contributed by atoms with van der Waals surface area (Å²) in [4.78, 5) is 54.3. The molecule has 200 valence electrons. The Bertz CT molecular complexity index is 1280. The Labute approximate surface area is 219 Å². The highest BCUT2D eigenvalue weighted by atomic mass is 19.1. The van der Waals surface area contributed by atoms with Gasteiger partial charge in [0.2, 0.25) is 11.5 Å². The van der Waals surface area contributed by atoms with Crippen LogP contribution in [0.1, 0.15) is 42.0 Å². The summed E-state index contributed by atoms with van der Waals surface area (Å²) in [7, 11) is 3.05. The van der Waals surface area contributed by atoms with Gasteiger partial charge in [0.25, 0.3) is 5.91 Å². The van der Waals surface area contributed by atoms with Crippen molar-refractivity contribution in [1.82, 2.24) is 15.1 Å². The zero-order valence-corrected chi connectivity index (χ0v) is 21.2. The molecule has 2 aromatic carbocycles. The lowest BCUT2D eigenvalue weighted by Crippen LogP contribution is -2.47. The standard InChI is InChI=1S/C27H29FN4O6/c1-29-25(35)30-19-7-9-21-17(13-19)11-12-27(21)24(34)31(26(36)38-27)14-23(33)32-20(15-37-2)8-10-22(32)16-3-5-18(28)6-4-16/h3-7,9,13,20,22H,8,10-12,14-15H2,1-2H3,(H2,29,30,35)/t20-,22+,27-/m1/s1. The van der Waals surface area contributed by atoms with E-state index in [0.29, 0.717) is 37.1 Å². The minimum absolute atomic E-state index is 0.245. The third-order valence-corrected chi connectivity index (χ3v) is 7.54. The highest BCUT2D eigenvalue weighted by Gasteiger charge is 2.58. The summed E-state index contributed by atoms with van der Waals surface area (Å²) in [5.41, 5.74) is 1.16. The Kier molecular flexibility index (Phi) is 6.78. The number of imide groups is 1. The molecule has 38 heavy (non-hydrogen) atoms. The van der Waals surface area contributed by atoms with Gasteiger partial charge in [-0.3, -0.25) is 9.59 Å². The van der Waals surface area contributed by atoms with Crippen LogP contribution in [0.5, 0.6) is 0 Å². The van der Waals surface area contributed by atoms with Gasteiger partial charge in [-0.05, 0) is 54.7 Å². The van der Waals surface area contributed by atoms with Crippen molar-refractivity contribution < 1.29 is 33.0 Å². The molecule has 10 nitrogen and oxygen atoms in total. The van der Waals surface area contributed by atoms with Crippen molar-refractivity contribution in [3.63, 3.8) is 0 Å². The summed E-state index contributed by atoms with van der Waals surface area (Å²) in [5.74, 6) is -1.37. The van der Waals surface area contributed by atoms with Gasteiger partial charge < -0.3 is 25.0 Å². The lowest BCUT2D eigenvalue weighted by molar-refractivity contribution is -0.143. The van der Waals surface area contributed by atoms with Gasteiger partial charge in [0.05, 0.1) is 18.7 Å². The molecule has 0 unspecified atom stereocenters. The van der Waals surface area contributed by atoms with Gasteiger partial charge in [0.1, 0.15) is 12.4 Å². The van der Waals surface area contributed by atoms with E-state index in [0.717, 1.165) is 16.0 Å². The number of rotatable bonds is 6. The fourth-order valence-corrected chi connectivity index (χ4v) is 5.77. The Hall–Kier alpha value is -3.99. The van der Waals surface area contributed by atoms with Crippen LogP contribution in [-0.4, -0.2) is 67.1 Å². The van der Waals surface area contributed by atoms with Crippen molar-refractivity contribution in [1.29, 1.82) is 0 Å². The van der Waals surface area contributed by atoms with Crippen LogP contribution in [0.25, 0.3) is 0 Å². The van der Waals surface area contributed by atoms with Crippen LogP contribution in [0.15, 0.2) is 42.5 Å². The van der Waals surface area contributed by atoms with Crippen LogP contribution in [0.4, 0.5) is 19.7 Å². The molecule has 1 aliphatic carbocycles. The molecule has 11 heteroatoms. The van der Waals surface area contributed by atoms with E-state index in [1.165, 1.54) is 19.2 Å². The van der Waals surface area contributed by atoms with Gasteiger partial charge in [0.15, 0.2) is 0 Å². The van der Waals surface area contributed by atoms with Crippen LogP contribution in [0.3, 0.4) is 0 Å². The third-order valence-electron chi connectivity index (χ3n) is 7.54. The summed E-state index contributed by atoms with van der Waals surface area (Å²) in [6, 6.07) is 10.1. The lowest BCUT2D eigenvalue weighted by Gasteiger charge is -2.31. The van der Waals surface area contributed by atoms with Crippen LogP contribution < -0.4 is 10.6 Å². The van der Waals surface area contributed by atoms with Gasteiger partial charge in [-0.25, -0.2) is 18.9 Å². The van der Waals surface area contributed by atoms with E-state index in [2.05, 4.69) is 10.6 Å². The number of benzene rings is 2. The maximum absolute atomic E-state index is 13.6. The second-order valence-corrected chi connectivity index (χ2v) is 9.72. The highest BCUT2D eigenvalue weighted by Crippen LogP contribution is 2.46. The number of urea groups is 1. The number of hydrogen-bond acceptors (Lipinski definition) is 6. The second kappa shape index (κ2) is 10.1. The normalized spacial score (nSPS) is 24.1. The topological polar surface area (TPSA) is 117 Å². The fraction of sp³-hybridized carbons (Fsp3) is 0.407. The summed E-state index contributed by atoms with van der Waals surface area (Å²) in [6.45, 7) is -0.172. The minimum Gasteiger partial charge on any atom is -0.427 e. The predicted octanol–water partition coefficient (Wildman–Crippen LogP) is 3.08. The average Bonchev–Trinajstić information content (AvgIpc) is 3.55. The van der Waals surface area contributed by atoms with E-state index >= 15 is 0 Å². The summed E-state index contributed by atoms with van der Waals surface area (Å²) < 4.78 is 24.5. The Morgan fingerprint density at radius 3 is 2.63 bits per heavy atom. The predicted molar refractivity (Wildman–Crippen MR) is 134 cm³/mol. The SMILES string of the molecule is CNC(=O)Nc1ccc2c(c1)CC[C@@]21OC(=O)N(CC(=O)N2[C@@H](COC)CC[C@H]2c2ccc(F)cc2)C1=O. The average molecular weight is 525 g/mol. The first-order valence-corrected chi connectivity index (χ1v) is 12.5.